The van der Waals surface area contributed by atoms with Crippen LogP contribution in [0.2, 0.25) is 5.02 Å². The van der Waals surface area contributed by atoms with Crippen LogP contribution in [-0.2, 0) is 9.59 Å². The molecule has 2 amide bonds. The Morgan fingerprint density at radius 2 is 2.13 bits per heavy atom. The van der Waals surface area contributed by atoms with Gasteiger partial charge in [-0.1, -0.05) is 23.7 Å². The minimum atomic E-state index is -0.510. The van der Waals surface area contributed by atoms with Gasteiger partial charge in [0.15, 0.2) is 5.82 Å². The first kappa shape index (κ1) is 19.1. The van der Waals surface area contributed by atoms with E-state index < -0.39 is 5.25 Å². The molecule has 8 nitrogen and oxygen atoms in total. The minimum absolute atomic E-state index is 0.0581. The largest absolute Gasteiger partial charge is 0.326 e. The van der Waals surface area contributed by atoms with E-state index in [1.165, 1.54) is 11.8 Å². The molecule has 0 spiro atoms. The second kappa shape index (κ2) is 7.73. The number of amides is 2. The number of rotatable bonds is 5. The van der Waals surface area contributed by atoms with Gasteiger partial charge in [-0.25, -0.2) is 4.68 Å². The number of anilines is 2. The lowest BCUT2D eigenvalue weighted by molar-refractivity contribution is -0.120. The number of nitrogens with zero attached hydrogens (tertiary/aromatic N) is 4. The molecule has 30 heavy (non-hydrogen) atoms. The van der Waals surface area contributed by atoms with Crippen molar-refractivity contribution in [2.75, 3.05) is 10.6 Å². The second-order valence-corrected chi connectivity index (χ2v) is 8.93. The number of carbonyl (C=O) groups is 2. The Morgan fingerprint density at radius 3 is 2.97 bits per heavy atom. The highest BCUT2D eigenvalue weighted by Crippen LogP contribution is 2.39. The number of nitrogens with one attached hydrogen (secondary N) is 2. The van der Waals surface area contributed by atoms with E-state index in [9.17, 15) is 9.59 Å². The summed E-state index contributed by atoms with van der Waals surface area (Å²) in [6.45, 7) is 0. The molecule has 2 heterocycles. The number of hydrogen-bond acceptors (Lipinski definition) is 6. The van der Waals surface area contributed by atoms with Crippen LogP contribution >= 0.6 is 23.4 Å². The maximum absolute atomic E-state index is 12.6. The average Bonchev–Trinajstić information content (AvgIpc) is 3.45. The van der Waals surface area contributed by atoms with Crippen molar-refractivity contribution < 1.29 is 9.59 Å². The van der Waals surface area contributed by atoms with Gasteiger partial charge in [0.2, 0.25) is 11.8 Å². The lowest BCUT2D eigenvalue weighted by atomic mass is 10.1. The summed E-state index contributed by atoms with van der Waals surface area (Å²) in [4.78, 5) is 25.9. The van der Waals surface area contributed by atoms with E-state index in [1.807, 2.05) is 28.9 Å². The third-order valence-electron chi connectivity index (χ3n) is 4.92. The number of tetrazole rings is 1. The molecule has 0 radical (unpaired) electrons. The molecule has 3 aromatic rings. The molecule has 1 unspecified atom stereocenters. The van der Waals surface area contributed by atoms with Crippen LogP contribution in [0.25, 0.3) is 11.4 Å². The van der Waals surface area contributed by atoms with Gasteiger partial charge in [-0.05, 0) is 53.6 Å². The molecule has 10 heteroatoms. The molecule has 1 atom stereocenters. The summed E-state index contributed by atoms with van der Waals surface area (Å²) in [5, 5.41) is 17.7. The minimum Gasteiger partial charge on any atom is -0.326 e. The third kappa shape index (κ3) is 3.90. The van der Waals surface area contributed by atoms with E-state index in [2.05, 4.69) is 26.2 Å². The molecule has 2 aromatic carbocycles. The van der Waals surface area contributed by atoms with Gasteiger partial charge in [-0.15, -0.1) is 16.9 Å². The van der Waals surface area contributed by atoms with Gasteiger partial charge in [-0.3, -0.25) is 9.59 Å². The standard InChI is InChI=1S/C20H17ClN6O2S/c21-12-4-7-16-15(9-12)23-20(29)17(30-16)10-18(28)22-13-3-1-2-11(8-13)19-24-25-26-27(19)14-5-6-14/h1-4,7-9,14,17H,5-6,10H2,(H,22,28)(H,23,29). The van der Waals surface area contributed by atoms with Gasteiger partial charge in [-0.2, -0.15) is 0 Å². The maximum atomic E-state index is 12.6. The van der Waals surface area contributed by atoms with Crippen LogP contribution in [-0.4, -0.2) is 37.3 Å². The number of aromatic nitrogens is 4. The molecule has 0 bridgehead atoms. The molecule has 0 saturated heterocycles. The van der Waals surface area contributed by atoms with Crippen molar-refractivity contribution in [3.05, 3.63) is 47.5 Å². The quantitative estimate of drug-likeness (QED) is 0.626. The monoisotopic (exact) mass is 440 g/mol. The van der Waals surface area contributed by atoms with Gasteiger partial charge < -0.3 is 10.6 Å². The van der Waals surface area contributed by atoms with E-state index in [-0.39, 0.29) is 18.2 Å². The van der Waals surface area contributed by atoms with Crippen molar-refractivity contribution >= 4 is 46.6 Å². The van der Waals surface area contributed by atoms with Gasteiger partial charge in [0.25, 0.3) is 0 Å². The zero-order valence-electron chi connectivity index (χ0n) is 15.7. The third-order valence-corrected chi connectivity index (χ3v) is 6.43. The molecule has 5 rings (SSSR count). The van der Waals surface area contributed by atoms with Crippen LogP contribution in [0.5, 0.6) is 0 Å². The van der Waals surface area contributed by atoms with Crippen molar-refractivity contribution in [3.63, 3.8) is 0 Å². The molecule has 152 valence electrons. The van der Waals surface area contributed by atoms with E-state index in [0.717, 1.165) is 23.3 Å². The summed E-state index contributed by atoms with van der Waals surface area (Å²) in [6.07, 6.45) is 2.21. The zero-order valence-corrected chi connectivity index (χ0v) is 17.3. The van der Waals surface area contributed by atoms with Crippen LogP contribution in [0.3, 0.4) is 0 Å². The van der Waals surface area contributed by atoms with Crippen molar-refractivity contribution in [1.82, 2.24) is 20.2 Å². The molecule has 1 saturated carbocycles. The molecular formula is C20H17ClN6O2S. The number of hydrogen-bond donors (Lipinski definition) is 2. The first-order valence-electron chi connectivity index (χ1n) is 9.52. The maximum Gasteiger partial charge on any atom is 0.238 e. The van der Waals surface area contributed by atoms with Gasteiger partial charge in [0.1, 0.15) is 0 Å². The Balaban J connectivity index is 1.27. The topological polar surface area (TPSA) is 102 Å². The van der Waals surface area contributed by atoms with E-state index >= 15 is 0 Å². The molecule has 1 aliphatic heterocycles. The molecular weight excluding hydrogens is 424 g/mol. The lowest BCUT2D eigenvalue weighted by Crippen LogP contribution is -2.32. The van der Waals surface area contributed by atoms with Crippen molar-refractivity contribution in [3.8, 4) is 11.4 Å². The number of benzene rings is 2. The van der Waals surface area contributed by atoms with Crippen molar-refractivity contribution in [1.29, 1.82) is 0 Å². The van der Waals surface area contributed by atoms with Crippen LogP contribution in [0.4, 0.5) is 11.4 Å². The Bertz CT molecular complexity index is 1150. The number of thioether (sulfide) groups is 1. The molecule has 1 aliphatic carbocycles. The van der Waals surface area contributed by atoms with E-state index in [4.69, 9.17) is 11.6 Å². The fourth-order valence-electron chi connectivity index (χ4n) is 3.32. The molecule has 1 fully saturated rings. The van der Waals surface area contributed by atoms with Crippen LogP contribution < -0.4 is 10.6 Å². The predicted octanol–water partition coefficient (Wildman–Crippen LogP) is 3.77. The number of carbonyl (C=O) groups excluding carboxylic acids is 2. The Labute approximate surface area is 181 Å². The van der Waals surface area contributed by atoms with Crippen LogP contribution in [0, 0.1) is 0 Å². The van der Waals surface area contributed by atoms with Gasteiger partial charge >= 0.3 is 0 Å². The van der Waals surface area contributed by atoms with Gasteiger partial charge in [0.05, 0.1) is 17.0 Å². The Kier molecular flexibility index (Phi) is 4.92. The summed E-state index contributed by atoms with van der Waals surface area (Å²) in [7, 11) is 0. The molecule has 2 N–H and O–H groups in total. The Hall–Kier alpha value is -2.91. The summed E-state index contributed by atoms with van der Waals surface area (Å²) in [5.41, 5.74) is 2.15. The lowest BCUT2D eigenvalue weighted by Gasteiger charge is -2.23. The first-order chi connectivity index (χ1) is 14.6. The average molecular weight is 441 g/mol. The fraction of sp³-hybridized carbons (Fsp3) is 0.250. The summed E-state index contributed by atoms with van der Waals surface area (Å²) in [6, 6.07) is 13.1. The summed E-state index contributed by atoms with van der Waals surface area (Å²) < 4.78 is 1.83. The normalized spacial score (nSPS) is 17.9. The highest BCUT2D eigenvalue weighted by atomic mass is 35.5. The smallest absolute Gasteiger partial charge is 0.238 e. The highest BCUT2D eigenvalue weighted by Gasteiger charge is 2.30. The summed E-state index contributed by atoms with van der Waals surface area (Å²) in [5.74, 6) is 0.243. The molecule has 2 aliphatic rings. The van der Waals surface area contributed by atoms with Gasteiger partial charge in [0, 0.05) is 27.6 Å². The zero-order chi connectivity index (χ0) is 20.7. The van der Waals surface area contributed by atoms with E-state index in [0.29, 0.717) is 28.3 Å². The highest BCUT2D eigenvalue weighted by molar-refractivity contribution is 8.01. The SMILES string of the molecule is O=C(CC1Sc2ccc(Cl)cc2NC1=O)Nc1cccc(-c2nnnn2C2CC2)c1. The Morgan fingerprint density at radius 1 is 1.27 bits per heavy atom. The van der Waals surface area contributed by atoms with E-state index in [1.54, 1.807) is 18.2 Å². The number of fused-ring (bicyclic) bond motifs is 1. The second-order valence-electron chi connectivity index (χ2n) is 7.25. The van der Waals surface area contributed by atoms with Crippen molar-refractivity contribution in [2.24, 2.45) is 0 Å². The first-order valence-corrected chi connectivity index (χ1v) is 10.8. The van der Waals surface area contributed by atoms with Crippen molar-refractivity contribution in [2.45, 2.75) is 35.4 Å². The van der Waals surface area contributed by atoms with Crippen LogP contribution in [0.15, 0.2) is 47.4 Å². The van der Waals surface area contributed by atoms with Crippen LogP contribution in [0.1, 0.15) is 25.3 Å². The fourth-order valence-corrected chi connectivity index (χ4v) is 4.59. The molecule has 1 aromatic heterocycles. The summed E-state index contributed by atoms with van der Waals surface area (Å²) >= 11 is 7.34. The predicted molar refractivity (Wildman–Crippen MR) is 114 cm³/mol. The number of halogens is 1.